The third-order valence-electron chi connectivity index (χ3n) is 4.08. The van der Waals surface area contributed by atoms with Gasteiger partial charge in [-0.15, -0.1) is 0 Å². The summed E-state index contributed by atoms with van der Waals surface area (Å²) >= 11 is 0. The minimum Gasteiger partial charge on any atom is -0.353 e. The Labute approximate surface area is 128 Å². The van der Waals surface area contributed by atoms with Crippen molar-refractivity contribution in [3.05, 3.63) is 28.4 Å². The van der Waals surface area contributed by atoms with Crippen LogP contribution in [0.5, 0.6) is 0 Å². The normalized spacial score (nSPS) is 21.3. The summed E-state index contributed by atoms with van der Waals surface area (Å²) in [5, 5.41) is 2.97. The maximum Gasteiger partial charge on any atom is 0.261 e. The topological polar surface area (TPSA) is 118 Å². The van der Waals surface area contributed by atoms with Crippen LogP contribution >= 0.6 is 0 Å². The van der Waals surface area contributed by atoms with Crippen molar-refractivity contribution in [3.8, 4) is 0 Å². The van der Waals surface area contributed by atoms with Crippen LogP contribution in [0.15, 0.2) is 17.3 Å². The third kappa shape index (κ3) is 4.49. The van der Waals surface area contributed by atoms with Crippen molar-refractivity contribution in [2.24, 2.45) is 11.7 Å². The van der Waals surface area contributed by atoms with Gasteiger partial charge in [0, 0.05) is 31.6 Å². The highest BCUT2D eigenvalue weighted by Gasteiger charge is 2.25. The molecule has 1 amide bonds. The van der Waals surface area contributed by atoms with Crippen molar-refractivity contribution < 1.29 is 9.59 Å². The van der Waals surface area contributed by atoms with E-state index < -0.39 is 0 Å². The average Bonchev–Trinajstić information content (AvgIpc) is 2.50. The van der Waals surface area contributed by atoms with E-state index in [2.05, 4.69) is 15.3 Å². The van der Waals surface area contributed by atoms with Crippen LogP contribution in [0.25, 0.3) is 0 Å². The lowest BCUT2D eigenvalue weighted by atomic mass is 9.82. The number of Topliss-reactive ketones (excluding diaryl/α,β-unsaturated/α-hetero) is 1. The molecule has 0 unspecified atom stereocenters. The van der Waals surface area contributed by atoms with E-state index in [1.807, 2.05) is 0 Å². The fraction of sp³-hybridized carbons (Fsp3) is 0.600. The smallest absolute Gasteiger partial charge is 0.261 e. The van der Waals surface area contributed by atoms with Gasteiger partial charge in [0.05, 0.1) is 6.33 Å². The first-order valence-corrected chi connectivity index (χ1v) is 7.65. The average molecular weight is 306 g/mol. The molecule has 4 N–H and O–H groups in total. The summed E-state index contributed by atoms with van der Waals surface area (Å²) in [7, 11) is 0. The molecule has 22 heavy (non-hydrogen) atoms. The van der Waals surface area contributed by atoms with E-state index >= 15 is 0 Å². The zero-order valence-electron chi connectivity index (χ0n) is 12.5. The lowest BCUT2D eigenvalue weighted by Crippen LogP contribution is -2.38. The third-order valence-corrected chi connectivity index (χ3v) is 4.08. The van der Waals surface area contributed by atoms with Gasteiger partial charge in [0.25, 0.3) is 5.56 Å². The summed E-state index contributed by atoms with van der Waals surface area (Å²) in [4.78, 5) is 41.4. The van der Waals surface area contributed by atoms with Crippen molar-refractivity contribution in [2.75, 3.05) is 6.54 Å². The maximum absolute atomic E-state index is 12.1. The standard InChI is InChI=1S/C15H22N4O3/c16-6-5-14(21)19-11-3-1-10(2-4-11)7-13(20)12-8-17-9-18-15(12)22/h8-11H,1-7,16H2,(H,19,21)(H,17,18,22). The van der Waals surface area contributed by atoms with Gasteiger partial charge < -0.3 is 16.0 Å². The van der Waals surface area contributed by atoms with Gasteiger partial charge in [-0.3, -0.25) is 14.4 Å². The summed E-state index contributed by atoms with van der Waals surface area (Å²) in [5.74, 6) is 0.0867. The van der Waals surface area contributed by atoms with Crippen molar-refractivity contribution in [3.63, 3.8) is 0 Å². The quantitative estimate of drug-likeness (QED) is 0.656. The van der Waals surface area contributed by atoms with E-state index in [9.17, 15) is 14.4 Å². The van der Waals surface area contributed by atoms with Crippen molar-refractivity contribution in [1.29, 1.82) is 0 Å². The Bertz CT molecular complexity index is 576. The lowest BCUT2D eigenvalue weighted by Gasteiger charge is -2.28. The molecule has 0 radical (unpaired) electrons. The van der Waals surface area contributed by atoms with Gasteiger partial charge in [0.1, 0.15) is 5.56 Å². The predicted molar refractivity (Wildman–Crippen MR) is 81.4 cm³/mol. The minimum atomic E-state index is -0.386. The number of carbonyl (C=O) groups is 2. The van der Waals surface area contributed by atoms with Crippen LogP contribution < -0.4 is 16.6 Å². The van der Waals surface area contributed by atoms with Crippen LogP contribution in [0.2, 0.25) is 0 Å². The number of H-pyrrole nitrogens is 1. The van der Waals surface area contributed by atoms with Crippen LogP contribution in [-0.4, -0.2) is 34.2 Å². The molecule has 0 saturated heterocycles. The zero-order chi connectivity index (χ0) is 15.9. The molecule has 1 aliphatic rings. The first kappa shape index (κ1) is 16.4. The number of nitrogens with two attached hydrogens (primary N) is 1. The van der Waals surface area contributed by atoms with Gasteiger partial charge in [-0.2, -0.15) is 0 Å². The number of nitrogens with zero attached hydrogens (tertiary/aromatic N) is 1. The SMILES string of the molecule is NCCC(=O)NC1CCC(CC(=O)c2cnc[nH]c2=O)CC1. The Morgan fingerprint density at radius 1 is 1.32 bits per heavy atom. The van der Waals surface area contributed by atoms with Crippen LogP contribution in [0.3, 0.4) is 0 Å². The molecule has 0 atom stereocenters. The monoisotopic (exact) mass is 306 g/mol. The Kier molecular flexibility index (Phi) is 5.83. The molecule has 0 spiro atoms. The van der Waals surface area contributed by atoms with Gasteiger partial charge in [-0.05, 0) is 31.6 Å². The van der Waals surface area contributed by atoms with Gasteiger partial charge in [-0.1, -0.05) is 0 Å². The van der Waals surface area contributed by atoms with E-state index in [4.69, 9.17) is 5.73 Å². The highest BCUT2D eigenvalue weighted by molar-refractivity contribution is 5.95. The number of ketones is 1. The van der Waals surface area contributed by atoms with E-state index in [1.54, 1.807) is 0 Å². The summed E-state index contributed by atoms with van der Waals surface area (Å²) in [6.45, 7) is 0.356. The fourth-order valence-corrected chi connectivity index (χ4v) is 2.86. The number of rotatable bonds is 6. The second-order valence-corrected chi connectivity index (χ2v) is 5.75. The van der Waals surface area contributed by atoms with Crippen molar-refractivity contribution >= 4 is 11.7 Å². The molecule has 1 heterocycles. The molecule has 7 heteroatoms. The van der Waals surface area contributed by atoms with Crippen LogP contribution in [0.1, 0.15) is 48.9 Å². The Morgan fingerprint density at radius 3 is 2.68 bits per heavy atom. The molecule has 1 aromatic rings. The number of carbonyl (C=O) groups excluding carboxylic acids is 2. The van der Waals surface area contributed by atoms with E-state index in [0.717, 1.165) is 25.7 Å². The summed E-state index contributed by atoms with van der Waals surface area (Å²) in [6.07, 6.45) is 6.76. The first-order valence-electron chi connectivity index (χ1n) is 7.65. The number of aromatic amines is 1. The number of aromatic nitrogens is 2. The number of hydrogen-bond donors (Lipinski definition) is 3. The van der Waals surface area contributed by atoms with E-state index in [0.29, 0.717) is 19.4 Å². The first-order chi connectivity index (χ1) is 10.6. The van der Waals surface area contributed by atoms with Crippen molar-refractivity contribution in [2.45, 2.75) is 44.6 Å². The Balaban J connectivity index is 1.80. The van der Waals surface area contributed by atoms with E-state index in [-0.39, 0.29) is 34.8 Å². The molecule has 1 aliphatic carbocycles. The fourth-order valence-electron chi connectivity index (χ4n) is 2.86. The number of hydrogen-bond acceptors (Lipinski definition) is 5. The minimum absolute atomic E-state index is 0.0103. The van der Waals surface area contributed by atoms with E-state index in [1.165, 1.54) is 12.5 Å². The highest BCUT2D eigenvalue weighted by atomic mass is 16.2. The molecule has 0 aromatic carbocycles. The van der Waals surface area contributed by atoms with Crippen LogP contribution in [0, 0.1) is 5.92 Å². The number of nitrogens with one attached hydrogen (secondary N) is 2. The van der Waals surface area contributed by atoms with Gasteiger partial charge in [0.15, 0.2) is 5.78 Å². The summed E-state index contributed by atoms with van der Waals surface area (Å²) < 4.78 is 0. The largest absolute Gasteiger partial charge is 0.353 e. The molecule has 120 valence electrons. The van der Waals surface area contributed by atoms with Crippen LogP contribution in [-0.2, 0) is 4.79 Å². The van der Waals surface area contributed by atoms with Gasteiger partial charge in [-0.25, -0.2) is 4.98 Å². The lowest BCUT2D eigenvalue weighted by molar-refractivity contribution is -0.121. The molecule has 0 aliphatic heterocycles. The highest BCUT2D eigenvalue weighted by Crippen LogP contribution is 2.27. The molecule has 1 aromatic heterocycles. The molecule has 0 bridgehead atoms. The van der Waals surface area contributed by atoms with Gasteiger partial charge in [0.2, 0.25) is 5.91 Å². The second kappa shape index (κ2) is 7.84. The second-order valence-electron chi connectivity index (χ2n) is 5.75. The number of amides is 1. The molecule has 2 rings (SSSR count). The van der Waals surface area contributed by atoms with Gasteiger partial charge >= 0.3 is 0 Å². The molecule has 1 fully saturated rings. The Morgan fingerprint density at radius 2 is 2.05 bits per heavy atom. The molecular formula is C15H22N4O3. The van der Waals surface area contributed by atoms with Crippen LogP contribution in [0.4, 0.5) is 0 Å². The molecule has 7 nitrogen and oxygen atoms in total. The summed E-state index contributed by atoms with van der Waals surface area (Å²) in [5.41, 5.74) is 5.09. The molecular weight excluding hydrogens is 284 g/mol. The Hall–Kier alpha value is -2.02. The summed E-state index contributed by atoms with van der Waals surface area (Å²) in [6, 6.07) is 0.173. The van der Waals surface area contributed by atoms with Crippen molar-refractivity contribution in [1.82, 2.24) is 15.3 Å². The molecule has 1 saturated carbocycles. The maximum atomic E-state index is 12.1. The predicted octanol–water partition coefficient (Wildman–Crippen LogP) is 0.367. The zero-order valence-corrected chi connectivity index (χ0v) is 12.5.